The quantitative estimate of drug-likeness (QED) is 0.0276. The highest BCUT2D eigenvalue weighted by Crippen LogP contribution is 2.52. The smallest absolute Gasteiger partial charge is 0.397 e. The minimum atomic E-state index is -4.77. The highest BCUT2D eigenvalue weighted by Gasteiger charge is 2.62. The average Bonchev–Trinajstić information content (AvgIpc) is 1.50. The zero-order chi connectivity index (χ0) is 67.8. The summed E-state index contributed by atoms with van der Waals surface area (Å²) in [6.07, 6.45) is -9.69. The number of alkyl halides is 12. The number of carbonyl (C=O) groups is 1. The first-order chi connectivity index (χ1) is 43.1. The van der Waals surface area contributed by atoms with Gasteiger partial charge in [0.05, 0.1) is 0 Å². The van der Waals surface area contributed by atoms with Crippen molar-refractivity contribution in [2.75, 3.05) is 27.9 Å². The molecule has 9 N–H and O–H groups in total. The number of amides is 2. The number of nitrogens with two attached hydrogens (primary N) is 1. The number of amidine groups is 2. The van der Waals surface area contributed by atoms with Gasteiger partial charge in [0.25, 0.3) is 0 Å². The molecule has 4 aromatic rings. The molecule has 0 aromatic heterocycles. The lowest BCUT2D eigenvalue weighted by Crippen LogP contribution is -2.59. The highest BCUT2D eigenvalue weighted by atomic mass is 35.5. The Labute approximate surface area is 555 Å². The first-order valence-corrected chi connectivity index (χ1v) is 29.3. The zero-order valence-corrected chi connectivity index (χ0v) is 51.6. The summed E-state index contributed by atoms with van der Waals surface area (Å²) in [7, 11) is 0. The Hall–Kier alpha value is -7.76. The molecular formula is C61H50Cl6F12N12O2. The van der Waals surface area contributed by atoms with Gasteiger partial charge in [-0.25, -0.2) is 19.8 Å². The fraction of sp³-hybridized carbons (Fsp3) is 0.377. The van der Waals surface area contributed by atoms with Crippen LogP contribution in [0, 0.1) is 93.9 Å². The molecule has 4 aromatic carbocycles. The second-order valence-corrected chi connectivity index (χ2v) is 23.2. The number of aliphatic hydroxyl groups excluding tert-OH is 1. The molecule has 0 bridgehead atoms. The van der Waals surface area contributed by atoms with Gasteiger partial charge in [0.2, 0.25) is 28.1 Å². The fourth-order valence-electron chi connectivity index (χ4n) is 8.57. The first-order valence-electron chi connectivity index (χ1n) is 27.1. The molecule has 4 aliphatic carbocycles. The van der Waals surface area contributed by atoms with Gasteiger partial charge in [0, 0.05) is 95.4 Å². The van der Waals surface area contributed by atoms with Crippen LogP contribution in [0.2, 0.25) is 20.1 Å². The van der Waals surface area contributed by atoms with E-state index in [0.717, 1.165) is 51.4 Å². The lowest BCUT2D eigenvalue weighted by molar-refractivity contribution is -0.178. The number of guanidine groups is 1. The molecule has 4 fully saturated rings. The Balaban J connectivity index is 0.000000190. The Bertz CT molecular complexity index is 3820. The lowest BCUT2D eigenvalue weighted by Gasteiger charge is -2.37. The van der Waals surface area contributed by atoms with E-state index in [2.05, 4.69) is 94.7 Å². The van der Waals surface area contributed by atoms with E-state index in [4.69, 9.17) is 85.2 Å². The number of anilines is 4. The third-order valence-electron chi connectivity index (χ3n) is 13.6. The molecule has 12 rings (SSSR count). The number of nitrogens with zero attached hydrogens (tertiary/aromatic N) is 5. The van der Waals surface area contributed by atoms with Crippen LogP contribution in [0.25, 0.3) is 0 Å². The fourth-order valence-corrected chi connectivity index (χ4v) is 9.72. The summed E-state index contributed by atoms with van der Waals surface area (Å²) >= 11 is 34.8. The third-order valence-corrected chi connectivity index (χ3v) is 14.9. The summed E-state index contributed by atoms with van der Waals surface area (Å²) in [4.78, 5) is 22.4. The molecule has 4 heterocycles. The molecular weight excluding hydrogens is 1370 g/mol. The summed E-state index contributed by atoms with van der Waals surface area (Å²) < 4.78 is 165. The van der Waals surface area contributed by atoms with E-state index in [9.17, 15) is 57.5 Å². The maximum atomic E-state index is 13.9. The number of aliphatic imine (C=N–C) groups is 3. The molecule has 93 heavy (non-hydrogen) atoms. The van der Waals surface area contributed by atoms with E-state index in [1.54, 1.807) is 13.1 Å². The maximum Gasteiger partial charge on any atom is 0.429 e. The summed E-state index contributed by atoms with van der Waals surface area (Å²) in [5.41, 5.74) is -6.63. The van der Waals surface area contributed by atoms with Crippen LogP contribution >= 0.6 is 69.6 Å². The largest absolute Gasteiger partial charge is 0.429 e. The van der Waals surface area contributed by atoms with Crippen molar-refractivity contribution in [1.29, 1.82) is 10.5 Å². The molecule has 32 heteroatoms. The van der Waals surface area contributed by atoms with Crippen LogP contribution in [-0.2, 0) is 22.2 Å². The molecule has 0 spiro atoms. The van der Waals surface area contributed by atoms with E-state index in [0.29, 0.717) is 0 Å². The SMILES string of the molecule is C.CCO.FC(F)(F)C1(C#CC2CC2)N=C(Cl)Nc2ccc(Cl)cc21.FC(F)(F)C1(C#CC2CC2)N=C(Cl)Nc2ccc(Cl)cc21.N#CN.N#CNC1=NC(C#CC2CC2)(C(F)(F)F)c2cc(Cl)ccc2N1.O=C1Nc2ccc(Cl)cc2C(C#CC2CC2)(C(F)(F)F)N1. The summed E-state index contributed by atoms with van der Waals surface area (Å²) in [5, 5.41) is 37.6. The number of benzene rings is 4. The number of urea groups is 1. The Morgan fingerprint density at radius 3 is 1.11 bits per heavy atom. The predicted molar refractivity (Wildman–Crippen MR) is 334 cm³/mol. The maximum absolute atomic E-state index is 13.9. The van der Waals surface area contributed by atoms with Crippen molar-refractivity contribution in [3.63, 3.8) is 0 Å². The van der Waals surface area contributed by atoms with E-state index >= 15 is 0 Å². The van der Waals surface area contributed by atoms with Gasteiger partial charge in [-0.2, -0.15) is 63.2 Å². The van der Waals surface area contributed by atoms with Crippen molar-refractivity contribution < 1.29 is 62.6 Å². The van der Waals surface area contributed by atoms with Gasteiger partial charge in [-0.3, -0.25) is 5.32 Å². The van der Waals surface area contributed by atoms with Crippen LogP contribution in [0.4, 0.5) is 80.2 Å². The first kappa shape index (κ1) is 74.3. The molecule has 8 aliphatic rings. The number of aliphatic hydroxyl groups is 1. The van der Waals surface area contributed by atoms with Crippen LogP contribution in [-0.4, -0.2) is 59.0 Å². The van der Waals surface area contributed by atoms with E-state index in [1.807, 2.05) is 5.32 Å². The Kier molecular flexibility index (Phi) is 23.7. The van der Waals surface area contributed by atoms with Gasteiger partial charge < -0.3 is 37.4 Å². The molecule has 2 amide bonds. The molecule has 4 unspecified atom stereocenters. The molecule has 4 aliphatic heterocycles. The van der Waals surface area contributed by atoms with Crippen molar-refractivity contribution in [2.45, 2.75) is 113 Å². The summed E-state index contributed by atoms with van der Waals surface area (Å²) in [5.74, 6) is 19.3. The number of nitrogens with one attached hydrogen (secondary N) is 6. The third kappa shape index (κ3) is 17.7. The molecule has 14 nitrogen and oxygen atoms in total. The molecule has 0 saturated heterocycles. The predicted octanol–water partition coefficient (Wildman–Crippen LogP) is 16.1. The van der Waals surface area contributed by atoms with E-state index in [1.165, 1.54) is 79.0 Å². The number of nitriles is 2. The van der Waals surface area contributed by atoms with Crippen molar-refractivity contribution in [3.05, 3.63) is 115 Å². The van der Waals surface area contributed by atoms with Gasteiger partial charge in [0.15, 0.2) is 23.0 Å². The monoisotopic (exact) mass is 1420 g/mol. The van der Waals surface area contributed by atoms with Crippen molar-refractivity contribution in [2.24, 2.45) is 44.4 Å². The average molecular weight is 1420 g/mol. The van der Waals surface area contributed by atoms with E-state index in [-0.39, 0.29) is 119 Å². The lowest BCUT2D eigenvalue weighted by atomic mass is 9.86. The molecule has 4 atom stereocenters. The van der Waals surface area contributed by atoms with Crippen LogP contribution in [0.3, 0.4) is 0 Å². The van der Waals surface area contributed by atoms with E-state index < -0.39 is 52.9 Å². The number of rotatable bonds is 0. The number of carbonyl (C=O) groups excluding carboxylic acids is 1. The second kappa shape index (κ2) is 29.7. The van der Waals surface area contributed by atoms with Gasteiger partial charge in [0.1, 0.15) is 0 Å². The molecule has 0 radical (unpaired) electrons. The van der Waals surface area contributed by atoms with Gasteiger partial charge in [-0.1, -0.05) is 101 Å². The minimum Gasteiger partial charge on any atom is -0.397 e. The molecule has 4 saturated carbocycles. The van der Waals surface area contributed by atoms with Crippen LogP contribution in [0.5, 0.6) is 0 Å². The second-order valence-electron chi connectivity index (χ2n) is 20.7. The Morgan fingerprint density at radius 2 is 0.806 bits per heavy atom. The van der Waals surface area contributed by atoms with Gasteiger partial charge >= 0.3 is 30.7 Å². The molecule has 492 valence electrons. The van der Waals surface area contributed by atoms with Crippen molar-refractivity contribution >= 4 is 115 Å². The number of fused-ring (bicyclic) bond motifs is 4. The topological polar surface area (TPSA) is 220 Å². The number of halogens is 18. The standard InChI is InChI=1S/C15H10ClF3N4.2C14H9Cl2F3N2.C14H10ClF3N2O.C2H6O.CH2N2.CH4/c16-10-3-4-12-11(7-10)14(15(17,18)19,6-5-9-1-2-9)23-13(22-12)21-8-20;2*15-9-3-4-11-10(7-9)13(14(17,18)19,21-12(16)20-11)6-5-8-1-2-8;15-9-3-4-11-10(7-9)13(14(16,17)18,20-12(21)19-11)6-5-8-1-2-8;1-2-3;2-1-3;/h3-4,7,9H,1-2H2,(H2,21,22,23);2*3-4,7-8H,1-2H2,(H,20,21);3-4,7-8H,1-2H2,(H2,19,20,21);3H,2H2,1H3;2H2;1H4. The van der Waals surface area contributed by atoms with Crippen LogP contribution in [0.15, 0.2) is 87.8 Å². The minimum absolute atomic E-state index is 0. The zero-order valence-electron chi connectivity index (χ0n) is 47.1. The van der Waals surface area contributed by atoms with Crippen molar-refractivity contribution in [1.82, 2.24) is 10.6 Å². The Morgan fingerprint density at radius 1 is 0.516 bits per heavy atom. The van der Waals surface area contributed by atoms with Crippen LogP contribution in [0.1, 0.15) is 88.0 Å². The number of hydrogen-bond acceptors (Lipinski definition) is 12. The summed E-state index contributed by atoms with van der Waals surface area (Å²) in [6, 6.07) is 15.4. The number of hydrogen-bond donors (Lipinski definition) is 8. The van der Waals surface area contributed by atoms with Crippen molar-refractivity contribution in [3.8, 4) is 59.7 Å². The highest BCUT2D eigenvalue weighted by molar-refractivity contribution is 6.68. The van der Waals surface area contributed by atoms with Crippen LogP contribution < -0.4 is 37.6 Å². The van der Waals surface area contributed by atoms with Gasteiger partial charge in [-0.05, 0) is 154 Å². The normalized spacial score (nSPS) is 22.3. The summed E-state index contributed by atoms with van der Waals surface area (Å²) in [6.45, 7) is 1.93. The van der Waals surface area contributed by atoms with Gasteiger partial charge in [-0.15, -0.1) is 0 Å².